The molecule has 0 spiro atoms. The van der Waals surface area contributed by atoms with Crippen LogP contribution in [0.2, 0.25) is 0 Å². The van der Waals surface area contributed by atoms with Crippen LogP contribution in [0.3, 0.4) is 0 Å². The molecule has 1 aromatic carbocycles. The molecule has 1 aliphatic rings. The van der Waals surface area contributed by atoms with Crippen molar-refractivity contribution in [3.8, 4) is 0 Å². The fourth-order valence-electron chi connectivity index (χ4n) is 3.74. The zero-order chi connectivity index (χ0) is 34.9. The standard InChI is InChI=1S/C27H38N6O8S6/c1-40-24(36)19(13-44-46-26(38)16(28)11-42)30-22(34)18-10-21(33(32-18)9-8-15-6-4-3-5-7-15)23(35)31-20(25(37)41-2)14-45-47-27(39)17(29)12-43/h3-7,16-17,19-21,42-43H,8-14,28-29H2,1-2H3,(H,30,34)(H,31,35)/t16-,17-,19?,20?,21?/m0/s1. The van der Waals surface area contributed by atoms with Gasteiger partial charge in [0.05, 0.1) is 26.3 Å². The maximum atomic E-state index is 13.6. The highest BCUT2D eigenvalue weighted by Gasteiger charge is 2.38. The second-order valence-electron chi connectivity index (χ2n) is 9.75. The van der Waals surface area contributed by atoms with Crippen LogP contribution in [0, 0.1) is 0 Å². The smallest absolute Gasteiger partial charge is 0.329 e. The van der Waals surface area contributed by atoms with E-state index in [0.29, 0.717) is 6.42 Å². The molecule has 6 N–H and O–H groups in total. The minimum Gasteiger partial charge on any atom is -0.467 e. The number of nitrogens with one attached hydrogen (secondary N) is 2. The molecule has 1 heterocycles. The van der Waals surface area contributed by atoms with E-state index >= 15 is 0 Å². The molecular formula is C27H38N6O8S6. The van der Waals surface area contributed by atoms with Crippen molar-refractivity contribution in [1.82, 2.24) is 15.6 Å². The number of ether oxygens (including phenoxy) is 2. The summed E-state index contributed by atoms with van der Waals surface area (Å²) in [5, 5.41) is 10.4. The Bertz CT molecular complexity index is 1280. The lowest BCUT2D eigenvalue weighted by Gasteiger charge is -2.25. The number of carbonyl (C=O) groups is 6. The van der Waals surface area contributed by atoms with Crippen molar-refractivity contribution >= 4 is 108 Å². The fourth-order valence-corrected chi connectivity index (χ4v) is 8.47. The average Bonchev–Trinajstić information content (AvgIpc) is 3.53. The molecule has 260 valence electrons. The molecule has 5 atom stereocenters. The Morgan fingerprint density at radius 2 is 1.40 bits per heavy atom. The van der Waals surface area contributed by atoms with Crippen LogP contribution in [0.25, 0.3) is 0 Å². The Labute approximate surface area is 299 Å². The summed E-state index contributed by atoms with van der Waals surface area (Å²) in [6, 6.07) is 4.66. The summed E-state index contributed by atoms with van der Waals surface area (Å²) in [5.74, 6) is -2.48. The van der Waals surface area contributed by atoms with E-state index in [2.05, 4.69) is 41.0 Å². The van der Waals surface area contributed by atoms with Crippen LogP contribution in [-0.4, -0.2) is 119 Å². The van der Waals surface area contributed by atoms with Crippen LogP contribution in [0.1, 0.15) is 12.0 Å². The van der Waals surface area contributed by atoms with Gasteiger partial charge >= 0.3 is 11.9 Å². The first kappa shape index (κ1) is 41.1. The van der Waals surface area contributed by atoms with Gasteiger partial charge in [-0.25, -0.2) is 9.59 Å². The van der Waals surface area contributed by atoms with E-state index in [1.807, 2.05) is 30.3 Å². The molecule has 0 saturated heterocycles. The number of methoxy groups -OCH3 is 2. The summed E-state index contributed by atoms with van der Waals surface area (Å²) < 4.78 is 9.67. The van der Waals surface area contributed by atoms with Gasteiger partial charge in [-0.3, -0.25) is 24.2 Å². The molecule has 2 amide bonds. The van der Waals surface area contributed by atoms with Crippen LogP contribution in [0.4, 0.5) is 0 Å². The van der Waals surface area contributed by atoms with Crippen molar-refractivity contribution in [2.75, 3.05) is 43.8 Å². The van der Waals surface area contributed by atoms with E-state index in [0.717, 1.165) is 48.7 Å². The normalized spacial score (nSPS) is 16.7. The number of amides is 2. The molecule has 0 saturated carbocycles. The predicted octanol–water partition coefficient (Wildman–Crippen LogP) is 0.305. The number of thiol groups is 2. The van der Waals surface area contributed by atoms with Crippen molar-refractivity contribution in [2.24, 2.45) is 16.6 Å². The highest BCUT2D eigenvalue weighted by Crippen LogP contribution is 2.26. The number of carbonyl (C=O) groups excluding carboxylic acids is 6. The van der Waals surface area contributed by atoms with E-state index in [4.69, 9.17) is 20.9 Å². The van der Waals surface area contributed by atoms with Crippen LogP contribution < -0.4 is 22.1 Å². The number of nitrogens with zero attached hydrogens (tertiary/aromatic N) is 2. The number of hydrazone groups is 1. The number of rotatable bonds is 19. The molecule has 0 bridgehead atoms. The van der Waals surface area contributed by atoms with Gasteiger partial charge in [0.25, 0.3) is 5.91 Å². The van der Waals surface area contributed by atoms with Gasteiger partial charge < -0.3 is 31.6 Å². The Morgan fingerprint density at radius 1 is 0.894 bits per heavy atom. The maximum absolute atomic E-state index is 13.6. The third-order valence-corrected chi connectivity index (χ3v) is 11.8. The molecule has 0 radical (unpaired) electrons. The minimum atomic E-state index is -1.13. The van der Waals surface area contributed by atoms with Crippen LogP contribution in [0.15, 0.2) is 35.4 Å². The van der Waals surface area contributed by atoms with Crippen molar-refractivity contribution in [2.45, 2.75) is 43.1 Å². The highest BCUT2D eigenvalue weighted by molar-refractivity contribution is 8.82. The van der Waals surface area contributed by atoms with Gasteiger partial charge in [-0.05, 0) is 33.6 Å². The third-order valence-electron chi connectivity index (χ3n) is 6.38. The van der Waals surface area contributed by atoms with Gasteiger partial charge in [0.2, 0.25) is 16.1 Å². The number of hydrogen-bond acceptors (Lipinski definition) is 18. The summed E-state index contributed by atoms with van der Waals surface area (Å²) in [6.45, 7) is 0.253. The van der Waals surface area contributed by atoms with Crippen molar-refractivity contribution in [3.05, 3.63) is 35.9 Å². The number of esters is 2. The predicted molar refractivity (Wildman–Crippen MR) is 194 cm³/mol. The lowest BCUT2D eigenvalue weighted by atomic mass is 10.1. The van der Waals surface area contributed by atoms with Crippen LogP contribution in [0.5, 0.6) is 0 Å². The van der Waals surface area contributed by atoms with E-state index in [9.17, 15) is 28.8 Å². The number of nitrogens with two attached hydrogens (primary N) is 2. The first-order valence-electron chi connectivity index (χ1n) is 14.0. The first-order valence-corrected chi connectivity index (χ1v) is 19.9. The van der Waals surface area contributed by atoms with Gasteiger partial charge in [-0.2, -0.15) is 30.4 Å². The second kappa shape index (κ2) is 21.8. The number of hydrogen-bond donors (Lipinski definition) is 6. The summed E-state index contributed by atoms with van der Waals surface area (Å²) in [4.78, 5) is 76.0. The number of benzene rings is 1. The summed E-state index contributed by atoms with van der Waals surface area (Å²) in [5.41, 5.74) is 12.3. The van der Waals surface area contributed by atoms with Gasteiger partial charge in [-0.15, -0.1) is 0 Å². The minimum absolute atomic E-state index is 0.00304. The Balaban J connectivity index is 2.18. The first-order chi connectivity index (χ1) is 22.4. The molecule has 0 fully saturated rings. The van der Waals surface area contributed by atoms with Gasteiger partial charge in [-0.1, -0.05) is 51.9 Å². The quantitative estimate of drug-likeness (QED) is 0.0636. The zero-order valence-electron chi connectivity index (χ0n) is 25.6. The van der Waals surface area contributed by atoms with Crippen LogP contribution >= 0.6 is 68.4 Å². The Morgan fingerprint density at radius 3 is 1.89 bits per heavy atom. The Kier molecular flexibility index (Phi) is 19.1. The van der Waals surface area contributed by atoms with E-state index < -0.39 is 54.0 Å². The van der Waals surface area contributed by atoms with Gasteiger partial charge in [0.1, 0.15) is 23.8 Å². The fraction of sp³-hybridized carbons (Fsp3) is 0.519. The largest absolute Gasteiger partial charge is 0.467 e. The van der Waals surface area contributed by atoms with Crippen molar-refractivity contribution in [3.63, 3.8) is 0 Å². The Hall–Kier alpha value is -2.07. The molecule has 3 unspecified atom stereocenters. The van der Waals surface area contributed by atoms with Gasteiger partial charge in [0.15, 0.2) is 0 Å². The molecule has 1 aromatic rings. The molecule has 20 heteroatoms. The van der Waals surface area contributed by atoms with Crippen LogP contribution in [-0.2, 0) is 44.7 Å². The molecular weight excluding hydrogens is 729 g/mol. The van der Waals surface area contributed by atoms with Crippen molar-refractivity contribution in [1.29, 1.82) is 0 Å². The third kappa shape index (κ3) is 13.8. The van der Waals surface area contributed by atoms with Gasteiger partial charge in [0, 0.05) is 36.0 Å². The van der Waals surface area contributed by atoms with E-state index in [-0.39, 0.29) is 51.9 Å². The second-order valence-corrected chi connectivity index (χ2v) is 15.2. The molecule has 0 aromatic heterocycles. The molecule has 14 nitrogen and oxygen atoms in total. The maximum Gasteiger partial charge on any atom is 0.329 e. The lowest BCUT2D eigenvalue weighted by Crippen LogP contribution is -2.51. The summed E-state index contributed by atoms with van der Waals surface area (Å²) in [7, 11) is 6.07. The zero-order valence-corrected chi connectivity index (χ0v) is 30.6. The average molecular weight is 767 g/mol. The lowest BCUT2D eigenvalue weighted by molar-refractivity contribution is -0.145. The molecule has 2 rings (SSSR count). The highest BCUT2D eigenvalue weighted by atomic mass is 33.1. The topological polar surface area (TPSA) is 213 Å². The van der Waals surface area contributed by atoms with E-state index in [1.54, 1.807) is 0 Å². The monoisotopic (exact) mass is 766 g/mol. The molecule has 0 aliphatic carbocycles. The summed E-state index contributed by atoms with van der Waals surface area (Å²) >= 11 is 8.01. The van der Waals surface area contributed by atoms with E-state index in [1.165, 1.54) is 19.2 Å². The molecule has 47 heavy (non-hydrogen) atoms. The SMILES string of the molecule is COC(=O)C(CSSC(=O)[C@@H](N)CS)NC(=O)C1=NN(CCc2ccccc2)C(C(=O)NC(CSSC(=O)[C@@H](N)CS)C(=O)OC)C1. The molecule has 1 aliphatic heterocycles. The summed E-state index contributed by atoms with van der Waals surface area (Å²) in [6.07, 6.45) is 0.354. The van der Waals surface area contributed by atoms with Crippen molar-refractivity contribution < 1.29 is 38.2 Å².